The Morgan fingerprint density at radius 2 is 1.71 bits per heavy atom. The molecule has 0 radical (unpaired) electrons. The lowest BCUT2D eigenvalue weighted by Gasteiger charge is -2.10. The van der Waals surface area contributed by atoms with E-state index in [2.05, 4.69) is 0 Å². The van der Waals surface area contributed by atoms with Crippen LogP contribution < -0.4 is 0 Å². The molecule has 0 spiro atoms. The van der Waals surface area contributed by atoms with Gasteiger partial charge in [-0.25, -0.2) is 18.6 Å². The number of ether oxygens (including phenoxy) is 1. The van der Waals surface area contributed by atoms with E-state index < -0.39 is 5.97 Å². The molecule has 0 aliphatic rings. The van der Waals surface area contributed by atoms with Crippen molar-refractivity contribution in [2.24, 2.45) is 0 Å². The lowest BCUT2D eigenvalue weighted by atomic mass is 10.2. The fourth-order valence-electron chi connectivity index (χ4n) is 3.30. The first-order chi connectivity index (χ1) is 15.0. The number of rotatable bonds is 7. The maximum Gasteiger partial charge on any atom is 0.338 e. The first-order valence-corrected chi connectivity index (χ1v) is 10.8. The number of hydrogen-bond donors (Lipinski definition) is 0. The second-order valence-corrected chi connectivity index (χ2v) is 7.90. The summed E-state index contributed by atoms with van der Waals surface area (Å²) in [7, 11) is 0. The number of fused-ring (bicyclic) bond motifs is 1. The molecule has 1 heterocycles. The van der Waals surface area contributed by atoms with E-state index in [1.165, 1.54) is 36.0 Å². The van der Waals surface area contributed by atoms with E-state index >= 15 is 0 Å². The monoisotopic (exact) mass is 438 g/mol. The van der Waals surface area contributed by atoms with Crippen molar-refractivity contribution in [3.8, 4) is 0 Å². The van der Waals surface area contributed by atoms with E-state index in [0.29, 0.717) is 35.1 Å². The maximum atomic E-state index is 13.7. The average molecular weight is 438 g/mol. The normalized spacial score (nSPS) is 11.1. The van der Waals surface area contributed by atoms with Crippen molar-refractivity contribution in [3.63, 3.8) is 0 Å². The molecule has 4 rings (SSSR count). The number of benzene rings is 3. The molecule has 0 bridgehead atoms. The maximum absolute atomic E-state index is 13.7. The number of carbonyl (C=O) groups excluding carboxylic acids is 1. The van der Waals surface area contributed by atoms with Crippen LogP contribution in [-0.4, -0.2) is 22.1 Å². The largest absolute Gasteiger partial charge is 0.462 e. The van der Waals surface area contributed by atoms with E-state index in [0.717, 1.165) is 16.6 Å². The van der Waals surface area contributed by atoms with E-state index in [1.54, 1.807) is 31.2 Å². The van der Waals surface area contributed by atoms with Crippen molar-refractivity contribution in [3.05, 3.63) is 95.1 Å². The Bertz CT molecular complexity index is 1240. The fraction of sp³-hybridized carbons (Fsp3) is 0.167. The molecule has 4 aromatic rings. The highest BCUT2D eigenvalue weighted by Gasteiger charge is 2.15. The Labute approximate surface area is 182 Å². The van der Waals surface area contributed by atoms with Gasteiger partial charge in [0.1, 0.15) is 11.6 Å². The van der Waals surface area contributed by atoms with Gasteiger partial charge in [-0.1, -0.05) is 36.0 Å². The first-order valence-electron chi connectivity index (χ1n) is 9.82. The van der Waals surface area contributed by atoms with Crippen LogP contribution in [0.2, 0.25) is 0 Å². The highest BCUT2D eigenvalue weighted by molar-refractivity contribution is 7.98. The second-order valence-electron chi connectivity index (χ2n) is 6.95. The molecule has 0 aliphatic heterocycles. The van der Waals surface area contributed by atoms with Crippen LogP contribution in [0.3, 0.4) is 0 Å². The molecule has 4 nitrogen and oxygen atoms in total. The van der Waals surface area contributed by atoms with Crippen LogP contribution in [0.4, 0.5) is 8.78 Å². The van der Waals surface area contributed by atoms with Crippen molar-refractivity contribution in [1.29, 1.82) is 0 Å². The van der Waals surface area contributed by atoms with E-state index in [1.807, 2.05) is 22.8 Å². The second kappa shape index (κ2) is 9.31. The van der Waals surface area contributed by atoms with Gasteiger partial charge < -0.3 is 9.30 Å². The Hall–Kier alpha value is -3.19. The van der Waals surface area contributed by atoms with Gasteiger partial charge in [0.2, 0.25) is 0 Å². The van der Waals surface area contributed by atoms with Crippen LogP contribution in [0.25, 0.3) is 11.0 Å². The van der Waals surface area contributed by atoms with Crippen molar-refractivity contribution in [1.82, 2.24) is 9.55 Å². The number of esters is 1. The molecule has 1 aromatic heterocycles. The summed E-state index contributed by atoms with van der Waals surface area (Å²) in [4.78, 5) is 16.8. The summed E-state index contributed by atoms with van der Waals surface area (Å²) in [5, 5.41) is 0.699. The van der Waals surface area contributed by atoms with Gasteiger partial charge in [0.05, 0.1) is 29.7 Å². The number of thioether (sulfide) groups is 1. The van der Waals surface area contributed by atoms with Gasteiger partial charge in [-0.05, 0) is 60.5 Å². The van der Waals surface area contributed by atoms with E-state index in [9.17, 15) is 13.6 Å². The summed E-state index contributed by atoms with van der Waals surface area (Å²) in [6.07, 6.45) is 0. The predicted octanol–water partition coefficient (Wildman–Crippen LogP) is 5.83. The molecule has 0 fully saturated rings. The van der Waals surface area contributed by atoms with E-state index in [4.69, 9.17) is 9.72 Å². The number of imidazole rings is 1. The number of halogens is 2. The summed E-state index contributed by atoms with van der Waals surface area (Å²) in [5.74, 6) is -0.474. The number of nitrogens with zero attached hydrogens (tertiary/aromatic N) is 2. The standard InChI is InChI=1S/C24H20F2N2O2S/c1-2-30-23(29)18-9-10-22-21(13-18)27-24(31-15-17-6-4-8-20(26)12-17)28(22)14-16-5-3-7-19(25)11-16/h3-13H,2,14-15H2,1H3. The van der Waals surface area contributed by atoms with Crippen LogP contribution in [0, 0.1) is 11.6 Å². The van der Waals surface area contributed by atoms with Crippen LogP contribution in [0.15, 0.2) is 71.9 Å². The molecular weight excluding hydrogens is 418 g/mol. The quantitative estimate of drug-likeness (QED) is 0.269. The molecule has 0 aliphatic carbocycles. The predicted molar refractivity (Wildman–Crippen MR) is 117 cm³/mol. The Kier molecular flexibility index (Phi) is 6.32. The molecule has 0 saturated heterocycles. The van der Waals surface area contributed by atoms with Gasteiger partial charge >= 0.3 is 5.97 Å². The third kappa shape index (κ3) is 4.94. The van der Waals surface area contributed by atoms with Crippen LogP contribution in [-0.2, 0) is 17.0 Å². The molecule has 0 saturated carbocycles. The molecule has 158 valence electrons. The van der Waals surface area contributed by atoms with Gasteiger partial charge in [-0.2, -0.15) is 0 Å². The molecule has 31 heavy (non-hydrogen) atoms. The zero-order valence-corrected chi connectivity index (χ0v) is 17.7. The van der Waals surface area contributed by atoms with Crippen LogP contribution in [0.1, 0.15) is 28.4 Å². The van der Waals surface area contributed by atoms with Gasteiger partial charge in [-0.3, -0.25) is 0 Å². The van der Waals surface area contributed by atoms with E-state index in [-0.39, 0.29) is 11.6 Å². The third-order valence-corrected chi connectivity index (χ3v) is 5.76. The third-order valence-electron chi connectivity index (χ3n) is 4.71. The number of aromatic nitrogens is 2. The SMILES string of the molecule is CCOC(=O)c1ccc2c(c1)nc(SCc1cccc(F)c1)n2Cc1cccc(F)c1. The first kappa shape index (κ1) is 21.1. The Morgan fingerprint density at radius 1 is 1.00 bits per heavy atom. The smallest absolute Gasteiger partial charge is 0.338 e. The van der Waals surface area contributed by atoms with Crippen molar-refractivity contribution < 1.29 is 18.3 Å². The fourth-order valence-corrected chi connectivity index (χ4v) is 4.26. The summed E-state index contributed by atoms with van der Waals surface area (Å²) in [6.45, 7) is 2.46. The highest BCUT2D eigenvalue weighted by Crippen LogP contribution is 2.29. The van der Waals surface area contributed by atoms with Gasteiger partial charge in [0.15, 0.2) is 5.16 Å². The van der Waals surface area contributed by atoms with Crippen molar-refractivity contribution in [2.45, 2.75) is 24.4 Å². The Morgan fingerprint density at radius 3 is 2.42 bits per heavy atom. The van der Waals surface area contributed by atoms with Gasteiger partial charge in [0, 0.05) is 5.75 Å². The zero-order valence-electron chi connectivity index (χ0n) is 16.8. The number of hydrogen-bond acceptors (Lipinski definition) is 4. The topological polar surface area (TPSA) is 44.1 Å². The minimum absolute atomic E-state index is 0.287. The van der Waals surface area contributed by atoms with Crippen LogP contribution >= 0.6 is 11.8 Å². The summed E-state index contributed by atoms with van der Waals surface area (Å²) in [6, 6.07) is 18.1. The summed E-state index contributed by atoms with van der Waals surface area (Å²) in [5.41, 5.74) is 3.51. The lowest BCUT2D eigenvalue weighted by Crippen LogP contribution is -2.05. The molecule has 0 amide bonds. The summed E-state index contributed by atoms with van der Waals surface area (Å²) >= 11 is 1.46. The Balaban J connectivity index is 1.71. The lowest BCUT2D eigenvalue weighted by molar-refractivity contribution is 0.0526. The van der Waals surface area contributed by atoms with Crippen molar-refractivity contribution >= 4 is 28.8 Å². The van der Waals surface area contributed by atoms with Crippen molar-refractivity contribution in [2.75, 3.05) is 6.61 Å². The van der Waals surface area contributed by atoms with Crippen LogP contribution in [0.5, 0.6) is 0 Å². The number of carbonyl (C=O) groups is 1. The molecule has 0 N–H and O–H groups in total. The molecule has 0 unspecified atom stereocenters. The minimum atomic E-state index is -0.405. The summed E-state index contributed by atoms with van der Waals surface area (Å²) < 4.78 is 34.3. The minimum Gasteiger partial charge on any atom is -0.462 e. The highest BCUT2D eigenvalue weighted by atomic mass is 32.2. The molecule has 7 heteroatoms. The van der Waals surface area contributed by atoms with Gasteiger partial charge in [-0.15, -0.1) is 0 Å². The molecule has 3 aromatic carbocycles. The molecule has 0 atom stereocenters. The van der Waals surface area contributed by atoms with Gasteiger partial charge in [0.25, 0.3) is 0 Å². The average Bonchev–Trinajstić information content (AvgIpc) is 3.09. The molecular formula is C24H20F2N2O2S. The zero-order chi connectivity index (χ0) is 21.8.